The molecule has 1 aromatic rings. The molecule has 2 nitrogen and oxygen atoms in total. The van der Waals surface area contributed by atoms with E-state index < -0.39 is 11.7 Å². The molecule has 0 aliphatic rings. The Labute approximate surface area is 73.2 Å². The van der Waals surface area contributed by atoms with Crippen molar-refractivity contribution in [2.45, 2.75) is 12.7 Å². The van der Waals surface area contributed by atoms with Crippen molar-refractivity contribution in [2.24, 2.45) is 0 Å². The van der Waals surface area contributed by atoms with Crippen molar-refractivity contribution in [2.75, 3.05) is 6.61 Å². The van der Waals surface area contributed by atoms with Crippen molar-refractivity contribution >= 4 is 0 Å². The van der Waals surface area contributed by atoms with Crippen LogP contribution in [0.5, 0.6) is 0 Å². The van der Waals surface area contributed by atoms with Crippen molar-refractivity contribution in [1.82, 2.24) is 0 Å². The van der Waals surface area contributed by atoms with Gasteiger partial charge >= 0.3 is 6.18 Å². The molecular formula is C8H9F3NO+. The monoisotopic (exact) mass is 192 g/mol. The zero-order chi connectivity index (χ0) is 9.90. The lowest BCUT2D eigenvalue weighted by atomic mass is 10.2. The molecule has 5 heteroatoms. The molecule has 13 heavy (non-hydrogen) atoms. The van der Waals surface area contributed by atoms with Crippen LogP contribution >= 0.6 is 0 Å². The quantitative estimate of drug-likeness (QED) is 0.694. The smallest absolute Gasteiger partial charge is 0.390 e. The van der Waals surface area contributed by atoms with E-state index in [1.54, 1.807) is 0 Å². The van der Waals surface area contributed by atoms with Crippen molar-refractivity contribution < 1.29 is 22.8 Å². The van der Waals surface area contributed by atoms with Gasteiger partial charge in [0.05, 0.1) is 5.56 Å². The molecule has 1 rings (SSSR count). The normalized spacial score (nSPS) is 11.7. The maximum absolute atomic E-state index is 12.0. The van der Waals surface area contributed by atoms with Gasteiger partial charge in [-0.1, -0.05) is 0 Å². The maximum Gasteiger partial charge on any atom is 0.416 e. The molecule has 1 N–H and O–H groups in total. The molecule has 0 aliphatic heterocycles. The van der Waals surface area contributed by atoms with Gasteiger partial charge in [0.2, 0.25) is 0 Å². The lowest BCUT2D eigenvalue weighted by Crippen LogP contribution is -2.34. The Hall–Kier alpha value is -1.10. The summed E-state index contributed by atoms with van der Waals surface area (Å²) < 4.78 is 37.6. The van der Waals surface area contributed by atoms with Gasteiger partial charge in [-0.2, -0.15) is 13.2 Å². The van der Waals surface area contributed by atoms with E-state index in [1.165, 1.54) is 17.0 Å². The number of nitrogens with zero attached hydrogens (tertiary/aromatic N) is 1. The van der Waals surface area contributed by atoms with Crippen LogP contribution in [0.3, 0.4) is 0 Å². The lowest BCUT2D eigenvalue weighted by Gasteiger charge is -2.04. The van der Waals surface area contributed by atoms with E-state index in [0.717, 1.165) is 12.1 Å². The predicted molar refractivity (Wildman–Crippen MR) is 38.7 cm³/mol. The molecular weight excluding hydrogens is 183 g/mol. The van der Waals surface area contributed by atoms with E-state index in [0.29, 0.717) is 6.54 Å². The van der Waals surface area contributed by atoms with Gasteiger partial charge in [0, 0.05) is 12.1 Å². The average Bonchev–Trinajstić information content (AvgIpc) is 2.04. The van der Waals surface area contributed by atoms with Gasteiger partial charge in [-0.05, 0) is 0 Å². The molecule has 0 aromatic carbocycles. The third-order valence-corrected chi connectivity index (χ3v) is 1.58. The van der Waals surface area contributed by atoms with Gasteiger partial charge in [-0.15, -0.1) is 0 Å². The van der Waals surface area contributed by atoms with E-state index in [9.17, 15) is 13.2 Å². The number of hydrogen-bond acceptors (Lipinski definition) is 1. The topological polar surface area (TPSA) is 24.1 Å². The maximum atomic E-state index is 12.0. The summed E-state index contributed by atoms with van der Waals surface area (Å²) in [4.78, 5) is 0. The minimum Gasteiger partial charge on any atom is -0.390 e. The summed E-state index contributed by atoms with van der Waals surface area (Å²) in [6.45, 7) is 0.216. The highest BCUT2D eigenvalue weighted by molar-refractivity contribution is 5.11. The van der Waals surface area contributed by atoms with Crippen molar-refractivity contribution in [3.63, 3.8) is 0 Å². The van der Waals surface area contributed by atoms with E-state index in [-0.39, 0.29) is 6.61 Å². The minimum atomic E-state index is -4.29. The molecule has 0 unspecified atom stereocenters. The van der Waals surface area contributed by atoms with Gasteiger partial charge in [0.1, 0.15) is 6.61 Å². The third kappa shape index (κ3) is 2.69. The van der Waals surface area contributed by atoms with E-state index >= 15 is 0 Å². The van der Waals surface area contributed by atoms with Crippen LogP contribution in [0.2, 0.25) is 0 Å². The molecule has 1 heterocycles. The van der Waals surface area contributed by atoms with Crippen molar-refractivity contribution in [1.29, 1.82) is 0 Å². The first-order valence-electron chi connectivity index (χ1n) is 3.71. The standard InChI is InChI=1S/C8H9F3NO/c9-8(10,11)7-1-3-12(4-2-7)5-6-13/h1-4,13H,5-6H2/q+1. The Bertz CT molecular complexity index is 268. The summed E-state index contributed by atoms with van der Waals surface area (Å²) in [5.74, 6) is 0. The summed E-state index contributed by atoms with van der Waals surface area (Å²) in [5.41, 5.74) is -0.679. The number of pyridine rings is 1. The lowest BCUT2D eigenvalue weighted by molar-refractivity contribution is -0.698. The van der Waals surface area contributed by atoms with Gasteiger partial charge in [0.25, 0.3) is 0 Å². The van der Waals surface area contributed by atoms with Gasteiger partial charge in [-0.25, -0.2) is 4.57 Å². The van der Waals surface area contributed by atoms with E-state index in [4.69, 9.17) is 5.11 Å². The summed E-state index contributed by atoms with van der Waals surface area (Å²) in [6.07, 6.45) is -1.71. The van der Waals surface area contributed by atoms with Crippen LogP contribution in [0.4, 0.5) is 13.2 Å². The summed E-state index contributed by atoms with van der Waals surface area (Å²) in [6, 6.07) is 1.96. The minimum absolute atomic E-state index is 0.0873. The number of aliphatic hydroxyl groups is 1. The van der Waals surface area contributed by atoms with Crippen LogP contribution in [0, 0.1) is 0 Å². The Balaban J connectivity index is 2.81. The molecule has 0 radical (unpaired) electrons. The second kappa shape index (κ2) is 3.74. The van der Waals surface area contributed by atoms with Crippen LogP contribution in [0.15, 0.2) is 24.5 Å². The van der Waals surface area contributed by atoms with Gasteiger partial charge in [-0.3, -0.25) is 0 Å². The highest BCUT2D eigenvalue weighted by atomic mass is 19.4. The molecule has 0 fully saturated rings. The molecule has 0 saturated heterocycles. The van der Waals surface area contributed by atoms with Gasteiger partial charge in [0.15, 0.2) is 18.9 Å². The van der Waals surface area contributed by atoms with Crippen molar-refractivity contribution in [3.8, 4) is 0 Å². The Kier molecular flexibility index (Phi) is 2.87. The van der Waals surface area contributed by atoms with Crippen LogP contribution < -0.4 is 4.57 Å². The van der Waals surface area contributed by atoms with Crippen LogP contribution in [0.1, 0.15) is 5.56 Å². The average molecular weight is 192 g/mol. The fourth-order valence-corrected chi connectivity index (χ4v) is 0.911. The van der Waals surface area contributed by atoms with Crippen LogP contribution in [-0.2, 0) is 12.7 Å². The number of halogens is 3. The first-order chi connectivity index (χ1) is 6.04. The number of hydrogen-bond donors (Lipinski definition) is 1. The molecule has 0 saturated carbocycles. The number of aromatic nitrogens is 1. The highest BCUT2D eigenvalue weighted by Crippen LogP contribution is 2.27. The summed E-state index contributed by atoms with van der Waals surface area (Å²) >= 11 is 0. The zero-order valence-electron chi connectivity index (χ0n) is 6.75. The number of alkyl halides is 3. The fourth-order valence-electron chi connectivity index (χ4n) is 0.911. The second-order valence-corrected chi connectivity index (χ2v) is 2.55. The highest BCUT2D eigenvalue weighted by Gasteiger charge is 2.30. The Morgan fingerprint density at radius 3 is 2.15 bits per heavy atom. The first-order valence-corrected chi connectivity index (χ1v) is 3.71. The number of aliphatic hydroxyl groups excluding tert-OH is 1. The summed E-state index contributed by atoms with van der Waals surface area (Å²) in [5, 5.41) is 8.51. The van der Waals surface area contributed by atoms with E-state index in [1.807, 2.05) is 0 Å². The largest absolute Gasteiger partial charge is 0.416 e. The van der Waals surface area contributed by atoms with Gasteiger partial charge < -0.3 is 5.11 Å². The number of rotatable bonds is 2. The molecule has 1 aromatic heterocycles. The predicted octanol–water partition coefficient (Wildman–Crippen LogP) is 0.985. The SMILES string of the molecule is OCC[n+]1ccc(C(F)(F)F)cc1. The molecule has 0 atom stereocenters. The van der Waals surface area contributed by atoms with Crippen molar-refractivity contribution in [3.05, 3.63) is 30.1 Å². The van der Waals surface area contributed by atoms with E-state index in [2.05, 4.69) is 0 Å². The van der Waals surface area contributed by atoms with Crippen LogP contribution in [0.25, 0.3) is 0 Å². The third-order valence-electron chi connectivity index (χ3n) is 1.58. The van der Waals surface area contributed by atoms with Crippen LogP contribution in [-0.4, -0.2) is 11.7 Å². The molecule has 0 amide bonds. The summed E-state index contributed by atoms with van der Waals surface area (Å²) in [7, 11) is 0. The Morgan fingerprint density at radius 1 is 1.23 bits per heavy atom. The first kappa shape index (κ1) is 9.98. The fraction of sp³-hybridized carbons (Fsp3) is 0.375. The molecule has 0 aliphatic carbocycles. The molecule has 72 valence electrons. The second-order valence-electron chi connectivity index (χ2n) is 2.55. The zero-order valence-corrected chi connectivity index (χ0v) is 6.75. The molecule has 0 spiro atoms. The Morgan fingerprint density at radius 2 is 1.77 bits per heavy atom. The molecule has 0 bridgehead atoms.